The van der Waals surface area contributed by atoms with Crippen LogP contribution in [-0.2, 0) is 11.2 Å². The maximum Gasteiger partial charge on any atom is 0.270 e. The van der Waals surface area contributed by atoms with E-state index in [-0.39, 0.29) is 17.3 Å². The van der Waals surface area contributed by atoms with E-state index in [1.807, 2.05) is 17.5 Å². The Morgan fingerprint density at radius 1 is 1.38 bits per heavy atom. The molecule has 2 aromatic heterocycles. The number of carbonyl (C=O) groups excluding carboxylic acids is 1. The fourth-order valence-corrected chi connectivity index (χ4v) is 4.67. The van der Waals surface area contributed by atoms with E-state index in [2.05, 4.69) is 10.3 Å². The number of aromatic nitrogens is 1. The van der Waals surface area contributed by atoms with Gasteiger partial charge in [-0.3, -0.25) is 14.9 Å². The van der Waals surface area contributed by atoms with Crippen molar-refractivity contribution in [1.82, 2.24) is 10.3 Å². The predicted octanol–water partition coefficient (Wildman–Crippen LogP) is 3.72. The second-order valence-corrected chi connectivity index (χ2v) is 8.14. The van der Waals surface area contributed by atoms with Crippen molar-refractivity contribution in [2.24, 2.45) is 0 Å². The Morgan fingerprint density at radius 2 is 2.25 bits per heavy atom. The Kier molecular flexibility index (Phi) is 5.44. The summed E-state index contributed by atoms with van der Waals surface area (Å²) >= 11 is 4.38. The van der Waals surface area contributed by atoms with Gasteiger partial charge in [0.1, 0.15) is 0 Å². The van der Waals surface area contributed by atoms with Gasteiger partial charge in [0.2, 0.25) is 5.91 Å². The zero-order valence-corrected chi connectivity index (χ0v) is 14.9. The topological polar surface area (TPSA) is 85.1 Å². The summed E-state index contributed by atoms with van der Waals surface area (Å²) in [7, 11) is 0. The zero-order valence-electron chi connectivity index (χ0n) is 12.4. The highest BCUT2D eigenvalue weighted by molar-refractivity contribution is 8.01. The maximum absolute atomic E-state index is 11.9. The summed E-state index contributed by atoms with van der Waals surface area (Å²) in [5.41, 5.74) is 0.764. The normalized spacial score (nSPS) is 10.8. The Morgan fingerprint density at radius 3 is 3.00 bits per heavy atom. The van der Waals surface area contributed by atoms with Crippen molar-refractivity contribution in [2.45, 2.75) is 10.8 Å². The molecule has 0 bridgehead atoms. The number of hydrogen-bond donors (Lipinski definition) is 1. The van der Waals surface area contributed by atoms with Crippen LogP contribution in [0.1, 0.15) is 4.88 Å². The van der Waals surface area contributed by atoms with Crippen LogP contribution in [0.5, 0.6) is 0 Å². The van der Waals surface area contributed by atoms with Gasteiger partial charge >= 0.3 is 0 Å². The van der Waals surface area contributed by atoms with Crippen LogP contribution in [0.3, 0.4) is 0 Å². The number of thiophene rings is 1. The first-order valence-corrected chi connectivity index (χ1v) is 9.77. The number of benzene rings is 1. The standard InChI is InChI=1S/C15H13N3O3S3/c19-14(16-6-5-11-2-1-7-22-11)9-23-15-17-12-4-3-10(18(20)21)8-13(12)24-15/h1-4,7-8H,5-6,9H2,(H,16,19). The van der Waals surface area contributed by atoms with Crippen LogP contribution in [-0.4, -0.2) is 28.1 Å². The van der Waals surface area contributed by atoms with E-state index in [4.69, 9.17) is 0 Å². The Bertz CT molecular complexity index is 861. The highest BCUT2D eigenvalue weighted by Crippen LogP contribution is 2.31. The van der Waals surface area contributed by atoms with Gasteiger partial charge in [-0.1, -0.05) is 17.8 Å². The van der Waals surface area contributed by atoms with Crippen molar-refractivity contribution in [3.05, 3.63) is 50.7 Å². The molecular formula is C15H13N3O3S3. The van der Waals surface area contributed by atoms with Crippen LogP contribution in [0.15, 0.2) is 40.1 Å². The number of fused-ring (bicyclic) bond motifs is 1. The van der Waals surface area contributed by atoms with E-state index < -0.39 is 4.92 Å². The van der Waals surface area contributed by atoms with Crippen molar-refractivity contribution in [1.29, 1.82) is 0 Å². The number of nitrogens with zero attached hydrogens (tertiary/aromatic N) is 2. The molecule has 0 aliphatic rings. The van der Waals surface area contributed by atoms with E-state index in [1.165, 1.54) is 40.1 Å². The van der Waals surface area contributed by atoms with Crippen LogP contribution < -0.4 is 5.32 Å². The number of thiazole rings is 1. The van der Waals surface area contributed by atoms with Crippen LogP contribution in [0.25, 0.3) is 10.2 Å². The summed E-state index contributed by atoms with van der Waals surface area (Å²) in [5, 5.41) is 15.7. The largest absolute Gasteiger partial charge is 0.355 e. The first-order chi connectivity index (χ1) is 11.6. The number of amides is 1. The molecule has 9 heteroatoms. The van der Waals surface area contributed by atoms with Gasteiger partial charge in [0.05, 0.1) is 20.9 Å². The van der Waals surface area contributed by atoms with Crippen LogP contribution >= 0.6 is 34.4 Å². The second kappa shape index (κ2) is 7.73. The summed E-state index contributed by atoms with van der Waals surface area (Å²) < 4.78 is 1.49. The number of rotatable bonds is 7. The van der Waals surface area contributed by atoms with Gasteiger partial charge in [0, 0.05) is 23.6 Å². The number of nitrogens with one attached hydrogen (secondary N) is 1. The molecule has 1 amide bonds. The summed E-state index contributed by atoms with van der Waals surface area (Å²) in [6.45, 7) is 0.617. The third-order valence-electron chi connectivity index (χ3n) is 3.16. The lowest BCUT2D eigenvalue weighted by atomic mass is 10.3. The molecule has 6 nitrogen and oxygen atoms in total. The summed E-state index contributed by atoms with van der Waals surface area (Å²) in [5.74, 6) is 0.244. The van der Waals surface area contributed by atoms with Gasteiger partial charge in [0.25, 0.3) is 5.69 Å². The minimum absolute atomic E-state index is 0.0400. The Balaban J connectivity index is 1.51. The number of nitro groups is 1. The summed E-state index contributed by atoms with van der Waals surface area (Å²) in [4.78, 5) is 27.9. The van der Waals surface area contributed by atoms with Crippen molar-refractivity contribution < 1.29 is 9.72 Å². The SMILES string of the molecule is O=C(CSc1nc2ccc([N+](=O)[O-])cc2s1)NCCc1cccs1. The average Bonchev–Trinajstić information content (AvgIpc) is 3.21. The lowest BCUT2D eigenvalue weighted by Crippen LogP contribution is -2.27. The minimum Gasteiger partial charge on any atom is -0.355 e. The molecule has 1 aromatic carbocycles. The van der Waals surface area contributed by atoms with Crippen molar-refractivity contribution in [3.63, 3.8) is 0 Å². The fourth-order valence-electron chi connectivity index (χ4n) is 2.03. The van der Waals surface area contributed by atoms with E-state index in [0.717, 1.165) is 15.5 Å². The molecule has 0 saturated carbocycles. The molecular weight excluding hydrogens is 366 g/mol. The van der Waals surface area contributed by atoms with Crippen LogP contribution in [0.4, 0.5) is 5.69 Å². The molecule has 3 aromatic rings. The molecule has 1 N–H and O–H groups in total. The van der Waals surface area contributed by atoms with Crippen molar-refractivity contribution in [2.75, 3.05) is 12.3 Å². The number of nitro benzene ring substituents is 1. The molecule has 24 heavy (non-hydrogen) atoms. The Labute approximate surface area is 150 Å². The van der Waals surface area contributed by atoms with Gasteiger partial charge in [-0.25, -0.2) is 4.98 Å². The minimum atomic E-state index is -0.424. The van der Waals surface area contributed by atoms with E-state index in [1.54, 1.807) is 17.4 Å². The molecule has 2 heterocycles. The van der Waals surface area contributed by atoms with Gasteiger partial charge in [-0.15, -0.1) is 22.7 Å². The Hall–Kier alpha value is -1.97. The van der Waals surface area contributed by atoms with Crippen molar-refractivity contribution in [3.8, 4) is 0 Å². The van der Waals surface area contributed by atoms with Gasteiger partial charge in [0.15, 0.2) is 4.34 Å². The van der Waals surface area contributed by atoms with Crippen molar-refractivity contribution >= 4 is 56.2 Å². The summed E-state index contributed by atoms with van der Waals surface area (Å²) in [6, 6.07) is 8.63. The first-order valence-electron chi connectivity index (χ1n) is 7.09. The molecule has 124 valence electrons. The molecule has 0 radical (unpaired) electrons. The molecule has 3 rings (SSSR count). The van der Waals surface area contributed by atoms with E-state index in [9.17, 15) is 14.9 Å². The van der Waals surface area contributed by atoms with E-state index >= 15 is 0 Å². The molecule has 0 fully saturated rings. The molecule has 0 aliphatic carbocycles. The third-order valence-corrected chi connectivity index (χ3v) is 6.26. The fraction of sp³-hybridized carbons (Fsp3) is 0.200. The second-order valence-electron chi connectivity index (χ2n) is 4.86. The smallest absolute Gasteiger partial charge is 0.270 e. The monoisotopic (exact) mass is 379 g/mol. The highest BCUT2D eigenvalue weighted by atomic mass is 32.2. The van der Waals surface area contributed by atoms with Gasteiger partial charge in [-0.05, 0) is 23.9 Å². The third kappa shape index (κ3) is 4.31. The maximum atomic E-state index is 11.9. The molecule has 0 unspecified atom stereocenters. The molecule has 0 atom stereocenters. The molecule has 0 spiro atoms. The predicted molar refractivity (Wildman–Crippen MR) is 98.0 cm³/mol. The van der Waals surface area contributed by atoms with Gasteiger partial charge < -0.3 is 5.32 Å². The average molecular weight is 379 g/mol. The molecule has 0 saturated heterocycles. The summed E-state index contributed by atoms with van der Waals surface area (Å²) in [6.07, 6.45) is 0.832. The number of carbonyl (C=O) groups is 1. The van der Waals surface area contributed by atoms with E-state index in [0.29, 0.717) is 12.1 Å². The van der Waals surface area contributed by atoms with Crippen LogP contribution in [0, 0.1) is 10.1 Å². The highest BCUT2D eigenvalue weighted by Gasteiger charge is 2.11. The lowest BCUT2D eigenvalue weighted by Gasteiger charge is -2.02. The first kappa shape index (κ1) is 16.9. The molecule has 0 aliphatic heterocycles. The number of non-ortho nitro benzene ring substituents is 1. The van der Waals surface area contributed by atoms with Crippen LogP contribution in [0.2, 0.25) is 0 Å². The number of thioether (sulfide) groups is 1. The van der Waals surface area contributed by atoms with Gasteiger partial charge in [-0.2, -0.15) is 0 Å². The zero-order chi connectivity index (χ0) is 16.9. The number of hydrogen-bond acceptors (Lipinski definition) is 7. The quantitative estimate of drug-likeness (QED) is 0.384. The lowest BCUT2D eigenvalue weighted by molar-refractivity contribution is -0.384.